The zero-order valence-electron chi connectivity index (χ0n) is 7.76. The number of nitrogens with one attached hydrogen (secondary N) is 1. The number of thiophene rings is 1. The van der Waals surface area contributed by atoms with Crippen molar-refractivity contribution < 1.29 is 8.42 Å². The summed E-state index contributed by atoms with van der Waals surface area (Å²) in [7, 11) is -3.81. The van der Waals surface area contributed by atoms with Gasteiger partial charge >= 0.3 is 0 Å². The summed E-state index contributed by atoms with van der Waals surface area (Å²) in [4.78, 5) is 3.81. The summed E-state index contributed by atoms with van der Waals surface area (Å²) >= 11 is 1.50. The van der Waals surface area contributed by atoms with Crippen LogP contribution >= 0.6 is 11.3 Å². The number of hydrogen-bond donors (Lipinski definition) is 2. The van der Waals surface area contributed by atoms with Gasteiger partial charge in [0.25, 0.3) is 15.2 Å². The lowest BCUT2D eigenvalue weighted by molar-refractivity contribution is 0.589. The van der Waals surface area contributed by atoms with Gasteiger partial charge in [-0.15, -0.1) is 0 Å². The van der Waals surface area contributed by atoms with Gasteiger partial charge in [0.15, 0.2) is 5.82 Å². The summed E-state index contributed by atoms with van der Waals surface area (Å²) in [5.41, 5.74) is 1.81. The minimum Gasteiger partial charge on any atom is -0.248 e. The molecular weight excluding hydrogens is 236 g/mol. The van der Waals surface area contributed by atoms with E-state index in [1.165, 1.54) is 11.3 Å². The molecule has 0 spiro atoms. The second-order valence-electron chi connectivity index (χ2n) is 2.98. The molecular formula is C7H8N4O2S2. The number of rotatable bonds is 2. The molecule has 0 aromatic carbocycles. The number of aromatic amines is 1. The fourth-order valence-corrected chi connectivity index (χ4v) is 2.30. The molecule has 2 rings (SSSR count). The van der Waals surface area contributed by atoms with Gasteiger partial charge in [-0.25, -0.2) is 18.7 Å². The number of hydrogen-bond acceptors (Lipinski definition) is 5. The van der Waals surface area contributed by atoms with E-state index < -0.39 is 10.0 Å². The molecule has 8 heteroatoms. The highest BCUT2D eigenvalue weighted by atomic mass is 32.2. The standard InChI is InChI=1S/C7H8N4O2S2/c1-4-2-14-3-5(4)6-9-7(11-10-6)15(8,12)13/h2-3H,1H3,(H2,8,12,13)(H,9,10,11). The molecule has 0 radical (unpaired) electrons. The second kappa shape index (κ2) is 3.40. The Hall–Kier alpha value is -1.25. The first kappa shape index (κ1) is 10.3. The van der Waals surface area contributed by atoms with Crippen molar-refractivity contribution in [2.75, 3.05) is 0 Å². The molecule has 0 bridgehead atoms. The SMILES string of the molecule is Cc1cscc1-c1n[nH]c(S(N)(=O)=O)n1. The van der Waals surface area contributed by atoms with Crippen LogP contribution in [-0.4, -0.2) is 23.6 Å². The predicted molar refractivity (Wildman–Crippen MR) is 55.8 cm³/mol. The van der Waals surface area contributed by atoms with E-state index in [2.05, 4.69) is 15.2 Å². The van der Waals surface area contributed by atoms with E-state index in [9.17, 15) is 8.42 Å². The monoisotopic (exact) mass is 244 g/mol. The van der Waals surface area contributed by atoms with Crippen LogP contribution in [0.2, 0.25) is 0 Å². The third kappa shape index (κ3) is 1.91. The fourth-order valence-electron chi connectivity index (χ4n) is 1.08. The molecule has 0 aliphatic carbocycles. The van der Waals surface area contributed by atoms with E-state index in [4.69, 9.17) is 5.14 Å². The molecule has 0 atom stereocenters. The van der Waals surface area contributed by atoms with Gasteiger partial charge < -0.3 is 0 Å². The lowest BCUT2D eigenvalue weighted by Gasteiger charge is -1.90. The normalized spacial score (nSPS) is 11.9. The van der Waals surface area contributed by atoms with Crippen LogP contribution in [-0.2, 0) is 10.0 Å². The van der Waals surface area contributed by atoms with Gasteiger partial charge in [0.05, 0.1) is 0 Å². The van der Waals surface area contributed by atoms with Crippen molar-refractivity contribution in [1.29, 1.82) is 0 Å². The fraction of sp³-hybridized carbons (Fsp3) is 0.143. The third-order valence-corrected chi connectivity index (χ3v) is 3.41. The summed E-state index contributed by atoms with van der Waals surface area (Å²) in [5.74, 6) is 0.345. The first-order chi connectivity index (χ1) is 6.98. The van der Waals surface area contributed by atoms with E-state index in [0.29, 0.717) is 5.82 Å². The number of nitrogens with zero attached hydrogens (tertiary/aromatic N) is 2. The molecule has 0 saturated carbocycles. The number of nitrogens with two attached hydrogens (primary N) is 1. The molecule has 0 aliphatic heterocycles. The van der Waals surface area contributed by atoms with Crippen LogP contribution in [0.4, 0.5) is 0 Å². The Kier molecular flexibility index (Phi) is 2.33. The average Bonchev–Trinajstić information content (AvgIpc) is 2.69. The molecule has 0 saturated heterocycles. The van der Waals surface area contributed by atoms with Crippen LogP contribution in [0.25, 0.3) is 11.4 Å². The lowest BCUT2D eigenvalue weighted by Crippen LogP contribution is -2.13. The molecule has 2 aromatic rings. The number of sulfonamides is 1. The van der Waals surface area contributed by atoms with Crippen LogP contribution < -0.4 is 5.14 Å². The molecule has 2 heterocycles. The molecule has 3 N–H and O–H groups in total. The van der Waals surface area contributed by atoms with Crippen molar-refractivity contribution in [3.05, 3.63) is 16.3 Å². The second-order valence-corrected chi connectivity index (χ2v) is 5.20. The number of aromatic nitrogens is 3. The third-order valence-electron chi connectivity index (χ3n) is 1.83. The predicted octanol–water partition coefficient (Wildman–Crippen LogP) is 0.489. The quantitative estimate of drug-likeness (QED) is 0.802. The molecule has 0 aliphatic rings. The summed E-state index contributed by atoms with van der Waals surface area (Å²) in [6.07, 6.45) is 0. The Labute approximate surface area is 90.2 Å². The van der Waals surface area contributed by atoms with Gasteiger partial charge in [0.1, 0.15) is 0 Å². The topological polar surface area (TPSA) is 102 Å². The molecule has 0 unspecified atom stereocenters. The molecule has 15 heavy (non-hydrogen) atoms. The molecule has 0 fully saturated rings. The smallest absolute Gasteiger partial charge is 0.248 e. The van der Waals surface area contributed by atoms with Crippen molar-refractivity contribution in [3.63, 3.8) is 0 Å². The van der Waals surface area contributed by atoms with E-state index in [1.807, 2.05) is 17.7 Å². The van der Waals surface area contributed by atoms with Crippen molar-refractivity contribution in [3.8, 4) is 11.4 Å². The number of H-pyrrole nitrogens is 1. The van der Waals surface area contributed by atoms with Crippen molar-refractivity contribution >= 4 is 21.4 Å². The minimum absolute atomic E-state index is 0.317. The Morgan fingerprint density at radius 1 is 1.47 bits per heavy atom. The maximum absolute atomic E-state index is 10.9. The number of aryl methyl sites for hydroxylation is 1. The average molecular weight is 244 g/mol. The van der Waals surface area contributed by atoms with Gasteiger partial charge in [0.2, 0.25) is 0 Å². The Morgan fingerprint density at radius 2 is 2.20 bits per heavy atom. The van der Waals surface area contributed by atoms with Crippen LogP contribution in [0, 0.1) is 6.92 Å². The lowest BCUT2D eigenvalue weighted by atomic mass is 10.2. The zero-order valence-corrected chi connectivity index (χ0v) is 9.39. The Bertz CT molecular complexity index is 584. The van der Waals surface area contributed by atoms with Gasteiger partial charge in [-0.1, -0.05) is 0 Å². The van der Waals surface area contributed by atoms with E-state index in [1.54, 1.807) is 0 Å². The summed E-state index contributed by atoms with van der Waals surface area (Å²) in [6.45, 7) is 1.90. The Morgan fingerprint density at radius 3 is 2.67 bits per heavy atom. The van der Waals surface area contributed by atoms with E-state index in [-0.39, 0.29) is 5.16 Å². The van der Waals surface area contributed by atoms with E-state index >= 15 is 0 Å². The van der Waals surface area contributed by atoms with Gasteiger partial charge in [0, 0.05) is 10.9 Å². The maximum atomic E-state index is 10.9. The highest BCUT2D eigenvalue weighted by molar-refractivity contribution is 7.89. The largest absolute Gasteiger partial charge is 0.273 e. The Balaban J connectivity index is 2.50. The van der Waals surface area contributed by atoms with E-state index in [0.717, 1.165) is 11.1 Å². The highest BCUT2D eigenvalue weighted by Gasteiger charge is 2.16. The molecule has 80 valence electrons. The number of primary sulfonamides is 1. The van der Waals surface area contributed by atoms with Gasteiger partial charge in [-0.2, -0.15) is 21.4 Å². The molecule has 6 nitrogen and oxygen atoms in total. The zero-order chi connectivity index (χ0) is 11.1. The molecule has 2 aromatic heterocycles. The van der Waals surface area contributed by atoms with Crippen molar-refractivity contribution in [2.45, 2.75) is 12.1 Å². The summed E-state index contributed by atoms with van der Waals surface area (Å²) < 4.78 is 21.9. The van der Waals surface area contributed by atoms with Crippen LogP contribution in [0.3, 0.4) is 0 Å². The van der Waals surface area contributed by atoms with Gasteiger partial charge in [-0.3, -0.25) is 0 Å². The van der Waals surface area contributed by atoms with Crippen LogP contribution in [0.15, 0.2) is 15.9 Å². The highest BCUT2D eigenvalue weighted by Crippen LogP contribution is 2.23. The van der Waals surface area contributed by atoms with Crippen LogP contribution in [0.1, 0.15) is 5.56 Å². The minimum atomic E-state index is -3.81. The first-order valence-electron chi connectivity index (χ1n) is 3.97. The van der Waals surface area contributed by atoms with Crippen molar-refractivity contribution in [1.82, 2.24) is 15.2 Å². The maximum Gasteiger partial charge on any atom is 0.273 e. The van der Waals surface area contributed by atoms with Crippen molar-refractivity contribution in [2.24, 2.45) is 5.14 Å². The summed E-state index contributed by atoms with van der Waals surface area (Å²) in [5, 5.41) is 14.5. The van der Waals surface area contributed by atoms with Crippen LogP contribution in [0.5, 0.6) is 0 Å². The molecule has 0 amide bonds. The first-order valence-corrected chi connectivity index (χ1v) is 6.46. The van der Waals surface area contributed by atoms with Gasteiger partial charge in [-0.05, 0) is 17.9 Å². The summed E-state index contributed by atoms with van der Waals surface area (Å²) in [6, 6.07) is 0.